The van der Waals surface area contributed by atoms with E-state index >= 15 is 0 Å². The van der Waals surface area contributed by atoms with Crippen molar-refractivity contribution in [3.63, 3.8) is 0 Å². The van der Waals surface area contributed by atoms with Crippen LogP contribution in [0.25, 0.3) is 22.3 Å². The molecular formula is C19H25Br2N3. The van der Waals surface area contributed by atoms with Crippen LogP contribution in [-0.2, 0) is 6.54 Å². The quantitative estimate of drug-likeness (QED) is 0.318. The summed E-state index contributed by atoms with van der Waals surface area (Å²) in [7, 11) is 6.73. The van der Waals surface area contributed by atoms with Gasteiger partial charge in [0.2, 0.25) is 5.69 Å². The van der Waals surface area contributed by atoms with Crippen molar-refractivity contribution < 1.29 is 43.0 Å². The highest BCUT2D eigenvalue weighted by Gasteiger charge is 2.16. The van der Waals surface area contributed by atoms with Gasteiger partial charge >= 0.3 is 0 Å². The Hall–Kier alpha value is -1.17. The van der Waals surface area contributed by atoms with E-state index in [2.05, 4.69) is 85.4 Å². The second-order valence-electron chi connectivity index (χ2n) is 6.92. The number of para-hydroxylation sites is 1. The molecule has 1 N–H and O–H groups in total. The summed E-state index contributed by atoms with van der Waals surface area (Å²) in [6.07, 6.45) is 3.35. The Morgan fingerprint density at radius 2 is 1.67 bits per heavy atom. The van der Waals surface area contributed by atoms with E-state index in [0.29, 0.717) is 0 Å². The SMILES string of the molecule is C[N+](C)(C)CCC[n+]1ccccc1-c1cc2ccccc2[nH]1.[Br-].[Br-]. The minimum Gasteiger partial charge on any atom is -1.00 e. The first-order chi connectivity index (χ1) is 10.5. The van der Waals surface area contributed by atoms with Gasteiger partial charge in [0, 0.05) is 23.0 Å². The van der Waals surface area contributed by atoms with Crippen molar-refractivity contribution in [3.05, 3.63) is 54.7 Å². The van der Waals surface area contributed by atoms with Crippen LogP contribution in [0.3, 0.4) is 0 Å². The molecule has 0 aliphatic carbocycles. The molecule has 0 radical (unpaired) electrons. The van der Waals surface area contributed by atoms with Crippen LogP contribution >= 0.6 is 0 Å². The molecule has 0 saturated carbocycles. The highest BCUT2D eigenvalue weighted by molar-refractivity contribution is 5.84. The van der Waals surface area contributed by atoms with Crippen LogP contribution in [0, 0.1) is 0 Å². The van der Waals surface area contributed by atoms with Gasteiger partial charge in [-0.1, -0.05) is 18.2 Å². The monoisotopic (exact) mass is 453 g/mol. The number of nitrogens with zero attached hydrogens (tertiary/aromatic N) is 2. The smallest absolute Gasteiger partial charge is 0.228 e. The van der Waals surface area contributed by atoms with Gasteiger partial charge in [0.05, 0.1) is 34.1 Å². The minimum absolute atomic E-state index is 0. The van der Waals surface area contributed by atoms with E-state index in [4.69, 9.17) is 0 Å². The molecule has 130 valence electrons. The van der Waals surface area contributed by atoms with E-state index in [1.54, 1.807) is 0 Å². The van der Waals surface area contributed by atoms with E-state index in [0.717, 1.165) is 11.0 Å². The van der Waals surface area contributed by atoms with Crippen molar-refractivity contribution in [2.75, 3.05) is 27.7 Å². The Morgan fingerprint density at radius 3 is 2.38 bits per heavy atom. The lowest BCUT2D eigenvalue weighted by Gasteiger charge is -2.22. The Bertz CT molecular complexity index is 742. The number of aromatic amines is 1. The first-order valence-electron chi connectivity index (χ1n) is 7.90. The standard InChI is InChI=1S/C19H24N3.2BrH/c1-22(2,3)14-8-13-21-12-7-6-11-19(21)18-15-16-9-4-5-10-17(16)20-18;;/h4-7,9-12,15H,8,13-14H2,1-3H3;2*1H/q+1;;/p-1. The summed E-state index contributed by atoms with van der Waals surface area (Å²) in [4.78, 5) is 3.53. The Labute approximate surface area is 165 Å². The molecule has 0 unspecified atom stereocenters. The third-order valence-electron chi connectivity index (χ3n) is 3.97. The van der Waals surface area contributed by atoms with E-state index in [9.17, 15) is 0 Å². The number of hydrogen-bond donors (Lipinski definition) is 1. The number of H-pyrrole nitrogens is 1. The van der Waals surface area contributed by atoms with E-state index < -0.39 is 0 Å². The average molecular weight is 455 g/mol. The van der Waals surface area contributed by atoms with Crippen LogP contribution in [0.5, 0.6) is 0 Å². The number of fused-ring (bicyclic) bond motifs is 1. The van der Waals surface area contributed by atoms with Gasteiger partial charge in [-0.3, -0.25) is 0 Å². The van der Waals surface area contributed by atoms with Crippen LogP contribution in [0.2, 0.25) is 0 Å². The van der Waals surface area contributed by atoms with Crippen LogP contribution in [0.1, 0.15) is 6.42 Å². The number of hydrogen-bond acceptors (Lipinski definition) is 0. The number of aryl methyl sites for hydroxylation is 1. The second kappa shape index (κ2) is 8.79. The molecule has 1 aromatic carbocycles. The molecule has 2 aromatic heterocycles. The highest BCUT2D eigenvalue weighted by atomic mass is 79.9. The molecule has 24 heavy (non-hydrogen) atoms. The molecule has 0 fully saturated rings. The summed E-state index contributed by atoms with van der Waals surface area (Å²) in [5, 5.41) is 1.26. The first-order valence-corrected chi connectivity index (χ1v) is 7.90. The third kappa shape index (κ3) is 5.16. The third-order valence-corrected chi connectivity index (χ3v) is 3.97. The maximum absolute atomic E-state index is 3.53. The summed E-state index contributed by atoms with van der Waals surface area (Å²) >= 11 is 0. The van der Waals surface area contributed by atoms with Crippen molar-refractivity contribution in [1.82, 2.24) is 4.98 Å². The molecule has 0 aliphatic rings. The van der Waals surface area contributed by atoms with Gasteiger partial charge in [0.1, 0.15) is 5.69 Å². The van der Waals surface area contributed by atoms with Crippen molar-refractivity contribution in [1.29, 1.82) is 0 Å². The van der Waals surface area contributed by atoms with E-state index in [1.807, 2.05) is 0 Å². The van der Waals surface area contributed by atoms with E-state index in [1.165, 1.54) is 35.3 Å². The summed E-state index contributed by atoms with van der Waals surface area (Å²) in [5.41, 5.74) is 3.63. The zero-order valence-electron chi connectivity index (χ0n) is 14.5. The lowest BCUT2D eigenvalue weighted by molar-refractivity contribution is -0.873. The summed E-state index contributed by atoms with van der Waals surface area (Å²) in [6, 6.07) is 17.1. The maximum atomic E-state index is 3.53. The van der Waals surface area contributed by atoms with Gasteiger partial charge in [-0.15, -0.1) is 0 Å². The Morgan fingerprint density at radius 1 is 0.958 bits per heavy atom. The predicted molar refractivity (Wildman–Crippen MR) is 91.4 cm³/mol. The number of pyridine rings is 1. The van der Waals surface area contributed by atoms with Crippen LogP contribution in [0.15, 0.2) is 54.7 Å². The molecule has 0 saturated heterocycles. The number of nitrogens with one attached hydrogen (secondary N) is 1. The zero-order chi connectivity index (χ0) is 15.6. The molecule has 0 aliphatic heterocycles. The fraction of sp³-hybridized carbons (Fsp3) is 0.316. The number of rotatable bonds is 5. The number of halogens is 2. The maximum Gasteiger partial charge on any atom is 0.228 e. The molecule has 3 aromatic rings. The molecular weight excluding hydrogens is 430 g/mol. The van der Waals surface area contributed by atoms with Crippen LogP contribution in [-0.4, -0.2) is 37.2 Å². The van der Waals surface area contributed by atoms with Gasteiger partial charge in [-0.2, -0.15) is 4.57 Å². The minimum atomic E-state index is 0. The van der Waals surface area contributed by atoms with Gasteiger partial charge in [-0.05, 0) is 18.2 Å². The normalized spacial score (nSPS) is 11.0. The van der Waals surface area contributed by atoms with Gasteiger partial charge in [-0.25, -0.2) is 0 Å². The molecule has 0 spiro atoms. The van der Waals surface area contributed by atoms with E-state index in [-0.39, 0.29) is 34.0 Å². The molecule has 0 amide bonds. The Balaban J connectivity index is 0.00000144. The first kappa shape index (κ1) is 20.9. The van der Waals surface area contributed by atoms with Crippen molar-refractivity contribution >= 4 is 10.9 Å². The summed E-state index contributed by atoms with van der Waals surface area (Å²) in [5.74, 6) is 0. The zero-order valence-corrected chi connectivity index (χ0v) is 17.6. The number of benzene rings is 1. The number of quaternary nitrogens is 1. The fourth-order valence-electron chi connectivity index (χ4n) is 2.84. The summed E-state index contributed by atoms with van der Waals surface area (Å²) < 4.78 is 3.36. The van der Waals surface area contributed by atoms with Crippen LogP contribution < -0.4 is 38.5 Å². The lowest BCUT2D eigenvalue weighted by Crippen LogP contribution is -3.00. The van der Waals surface area contributed by atoms with Crippen molar-refractivity contribution in [3.8, 4) is 11.4 Å². The van der Waals surface area contributed by atoms with Gasteiger partial charge < -0.3 is 43.4 Å². The molecule has 3 nitrogen and oxygen atoms in total. The Kier molecular flexibility index (Phi) is 7.64. The second-order valence-corrected chi connectivity index (χ2v) is 6.92. The molecule has 5 heteroatoms. The summed E-state index contributed by atoms with van der Waals surface area (Å²) in [6.45, 7) is 2.22. The van der Waals surface area contributed by atoms with Crippen molar-refractivity contribution in [2.45, 2.75) is 13.0 Å². The largest absolute Gasteiger partial charge is 1.00 e. The fourth-order valence-corrected chi connectivity index (χ4v) is 2.84. The topological polar surface area (TPSA) is 19.7 Å². The molecule has 0 atom stereocenters. The number of aromatic nitrogens is 2. The van der Waals surface area contributed by atoms with Crippen molar-refractivity contribution in [2.24, 2.45) is 0 Å². The average Bonchev–Trinajstić information content (AvgIpc) is 2.90. The lowest BCUT2D eigenvalue weighted by atomic mass is 10.2. The molecule has 2 heterocycles. The van der Waals surface area contributed by atoms with Gasteiger partial charge in [0.15, 0.2) is 12.7 Å². The molecule has 3 rings (SSSR count). The molecule has 0 bridgehead atoms. The van der Waals surface area contributed by atoms with Crippen LogP contribution in [0.4, 0.5) is 0 Å². The van der Waals surface area contributed by atoms with Gasteiger partial charge in [0.25, 0.3) is 0 Å². The highest BCUT2D eigenvalue weighted by Crippen LogP contribution is 2.21. The predicted octanol–water partition coefficient (Wildman–Crippen LogP) is -2.77.